The van der Waals surface area contributed by atoms with Gasteiger partial charge in [0.1, 0.15) is 6.04 Å². The van der Waals surface area contributed by atoms with E-state index in [-0.39, 0.29) is 6.10 Å². The fourth-order valence-corrected chi connectivity index (χ4v) is 2.37. The lowest BCUT2D eigenvalue weighted by Crippen LogP contribution is -2.37. The van der Waals surface area contributed by atoms with Gasteiger partial charge in [0.2, 0.25) is 5.91 Å². The molecule has 18 heavy (non-hydrogen) atoms. The number of ether oxygens (including phenoxy) is 1. The van der Waals surface area contributed by atoms with Gasteiger partial charge in [-0.25, -0.2) is 0 Å². The largest absolute Gasteiger partial charge is 0.377 e. The zero-order chi connectivity index (χ0) is 13.0. The Morgan fingerprint density at radius 3 is 2.94 bits per heavy atom. The average molecular weight is 269 g/mol. The molecule has 1 fully saturated rings. The van der Waals surface area contributed by atoms with Crippen molar-refractivity contribution in [1.82, 2.24) is 5.32 Å². The highest BCUT2D eigenvalue weighted by atomic mass is 35.5. The molecule has 0 spiro atoms. The molecular formula is C13H17ClN2O2. The van der Waals surface area contributed by atoms with E-state index in [1.165, 1.54) is 0 Å². The molecule has 1 aliphatic heterocycles. The molecule has 2 unspecified atom stereocenters. The number of halogens is 1. The van der Waals surface area contributed by atoms with E-state index < -0.39 is 11.9 Å². The summed E-state index contributed by atoms with van der Waals surface area (Å²) in [7, 11) is 0. The van der Waals surface area contributed by atoms with Crippen molar-refractivity contribution in [2.24, 2.45) is 5.73 Å². The molecule has 5 heteroatoms. The third-order valence-corrected chi connectivity index (χ3v) is 3.42. The highest BCUT2D eigenvalue weighted by Crippen LogP contribution is 2.23. The number of hydrogen-bond acceptors (Lipinski definition) is 3. The first-order chi connectivity index (χ1) is 8.68. The lowest BCUT2D eigenvalue weighted by Gasteiger charge is -2.19. The van der Waals surface area contributed by atoms with Crippen molar-refractivity contribution in [3.63, 3.8) is 0 Å². The van der Waals surface area contributed by atoms with Gasteiger partial charge in [-0.3, -0.25) is 10.1 Å². The predicted molar refractivity (Wildman–Crippen MR) is 70.4 cm³/mol. The highest BCUT2D eigenvalue weighted by molar-refractivity contribution is 6.31. The number of primary amides is 1. The van der Waals surface area contributed by atoms with Gasteiger partial charge in [-0.15, -0.1) is 0 Å². The van der Waals surface area contributed by atoms with Crippen molar-refractivity contribution in [3.05, 3.63) is 34.9 Å². The Morgan fingerprint density at radius 1 is 1.56 bits per heavy atom. The standard InChI is InChI=1S/C13H17ClN2O2/c14-11-6-2-1-5-10(11)12(13(15)17)16-8-9-4-3-7-18-9/h1-2,5-6,9,12,16H,3-4,7-8H2,(H2,15,17). The molecule has 1 aromatic rings. The van der Waals surface area contributed by atoms with Gasteiger partial charge < -0.3 is 10.5 Å². The van der Waals surface area contributed by atoms with Crippen LogP contribution in [0.5, 0.6) is 0 Å². The van der Waals surface area contributed by atoms with E-state index in [9.17, 15) is 4.79 Å². The summed E-state index contributed by atoms with van der Waals surface area (Å²) in [6, 6.07) is 6.65. The molecule has 1 aliphatic rings. The summed E-state index contributed by atoms with van der Waals surface area (Å²) in [5, 5.41) is 3.68. The summed E-state index contributed by atoms with van der Waals surface area (Å²) in [6.45, 7) is 1.40. The van der Waals surface area contributed by atoms with E-state index >= 15 is 0 Å². The molecule has 0 radical (unpaired) electrons. The highest BCUT2D eigenvalue weighted by Gasteiger charge is 2.22. The van der Waals surface area contributed by atoms with Crippen LogP contribution in [0.4, 0.5) is 0 Å². The fourth-order valence-electron chi connectivity index (χ4n) is 2.13. The Kier molecular flexibility index (Phi) is 4.58. The zero-order valence-corrected chi connectivity index (χ0v) is 10.8. The van der Waals surface area contributed by atoms with Crippen LogP contribution in [0.15, 0.2) is 24.3 Å². The van der Waals surface area contributed by atoms with Crippen LogP contribution in [-0.4, -0.2) is 25.2 Å². The maximum absolute atomic E-state index is 11.5. The van der Waals surface area contributed by atoms with Gasteiger partial charge in [-0.1, -0.05) is 29.8 Å². The van der Waals surface area contributed by atoms with E-state index in [0.717, 1.165) is 19.4 Å². The third kappa shape index (κ3) is 3.22. The second kappa shape index (κ2) is 6.18. The summed E-state index contributed by atoms with van der Waals surface area (Å²) in [5.41, 5.74) is 6.13. The van der Waals surface area contributed by atoms with Crippen molar-refractivity contribution in [2.75, 3.05) is 13.2 Å². The molecular weight excluding hydrogens is 252 g/mol. The lowest BCUT2D eigenvalue weighted by atomic mass is 10.1. The molecule has 2 rings (SSSR count). The second-order valence-electron chi connectivity index (χ2n) is 4.40. The van der Waals surface area contributed by atoms with Crippen LogP contribution in [-0.2, 0) is 9.53 Å². The number of nitrogens with two attached hydrogens (primary N) is 1. The third-order valence-electron chi connectivity index (χ3n) is 3.07. The summed E-state index contributed by atoms with van der Waals surface area (Å²) in [5.74, 6) is -0.430. The van der Waals surface area contributed by atoms with Gasteiger partial charge in [0.15, 0.2) is 0 Å². The minimum Gasteiger partial charge on any atom is -0.377 e. The summed E-state index contributed by atoms with van der Waals surface area (Å²) in [6.07, 6.45) is 2.25. The molecule has 0 bridgehead atoms. The number of hydrogen-bond donors (Lipinski definition) is 2. The molecule has 2 atom stereocenters. The van der Waals surface area contributed by atoms with E-state index in [0.29, 0.717) is 17.1 Å². The number of benzene rings is 1. The van der Waals surface area contributed by atoms with Gasteiger partial charge in [0.25, 0.3) is 0 Å². The first-order valence-electron chi connectivity index (χ1n) is 6.07. The van der Waals surface area contributed by atoms with Gasteiger partial charge in [0, 0.05) is 18.2 Å². The molecule has 0 aliphatic carbocycles. The number of amides is 1. The zero-order valence-electron chi connectivity index (χ0n) is 10.1. The van der Waals surface area contributed by atoms with Crippen LogP contribution in [0, 0.1) is 0 Å². The van der Waals surface area contributed by atoms with Gasteiger partial charge >= 0.3 is 0 Å². The first kappa shape index (κ1) is 13.3. The average Bonchev–Trinajstić information content (AvgIpc) is 2.84. The lowest BCUT2D eigenvalue weighted by molar-refractivity contribution is -0.120. The van der Waals surface area contributed by atoms with Crippen LogP contribution in [0.3, 0.4) is 0 Å². The Morgan fingerprint density at radius 2 is 2.33 bits per heavy atom. The molecule has 1 heterocycles. The molecule has 3 N–H and O–H groups in total. The maximum Gasteiger partial charge on any atom is 0.239 e. The van der Waals surface area contributed by atoms with Crippen LogP contribution in [0.25, 0.3) is 0 Å². The van der Waals surface area contributed by atoms with Gasteiger partial charge in [0.05, 0.1) is 6.10 Å². The van der Waals surface area contributed by atoms with Crippen molar-refractivity contribution in [2.45, 2.75) is 25.0 Å². The Labute approximate surface area is 111 Å². The quantitative estimate of drug-likeness (QED) is 0.853. The van der Waals surface area contributed by atoms with Gasteiger partial charge in [-0.05, 0) is 24.5 Å². The summed E-state index contributed by atoms with van der Waals surface area (Å²) in [4.78, 5) is 11.5. The first-order valence-corrected chi connectivity index (χ1v) is 6.45. The smallest absolute Gasteiger partial charge is 0.239 e. The maximum atomic E-state index is 11.5. The number of rotatable bonds is 5. The van der Waals surface area contributed by atoms with Crippen molar-refractivity contribution >= 4 is 17.5 Å². The van der Waals surface area contributed by atoms with E-state index in [1.807, 2.05) is 12.1 Å². The molecule has 1 amide bonds. The number of nitrogens with one attached hydrogen (secondary N) is 1. The summed E-state index contributed by atoms with van der Waals surface area (Å²) >= 11 is 6.08. The second-order valence-corrected chi connectivity index (χ2v) is 4.81. The monoisotopic (exact) mass is 268 g/mol. The minimum absolute atomic E-state index is 0.161. The Bertz CT molecular complexity index is 419. The predicted octanol–water partition coefficient (Wildman–Crippen LogP) is 1.63. The van der Waals surface area contributed by atoms with Crippen LogP contribution >= 0.6 is 11.6 Å². The van der Waals surface area contributed by atoms with Gasteiger partial charge in [-0.2, -0.15) is 0 Å². The number of carbonyl (C=O) groups excluding carboxylic acids is 1. The molecule has 1 aromatic carbocycles. The van der Waals surface area contributed by atoms with E-state index in [1.54, 1.807) is 12.1 Å². The van der Waals surface area contributed by atoms with Crippen LogP contribution in [0.2, 0.25) is 5.02 Å². The van der Waals surface area contributed by atoms with Crippen LogP contribution < -0.4 is 11.1 Å². The minimum atomic E-state index is -0.567. The van der Waals surface area contributed by atoms with Crippen molar-refractivity contribution in [3.8, 4) is 0 Å². The van der Waals surface area contributed by atoms with Crippen molar-refractivity contribution in [1.29, 1.82) is 0 Å². The van der Waals surface area contributed by atoms with E-state index in [4.69, 9.17) is 22.1 Å². The SMILES string of the molecule is NC(=O)C(NCC1CCCO1)c1ccccc1Cl. The van der Waals surface area contributed by atoms with E-state index in [2.05, 4.69) is 5.32 Å². The molecule has 0 saturated carbocycles. The molecule has 4 nitrogen and oxygen atoms in total. The fraction of sp³-hybridized carbons (Fsp3) is 0.462. The molecule has 98 valence electrons. The normalized spacial score (nSPS) is 20.8. The topological polar surface area (TPSA) is 64.4 Å². The molecule has 1 saturated heterocycles. The molecule has 0 aromatic heterocycles. The number of carbonyl (C=O) groups is 1. The van der Waals surface area contributed by atoms with Crippen molar-refractivity contribution < 1.29 is 9.53 Å². The summed E-state index contributed by atoms with van der Waals surface area (Å²) < 4.78 is 5.50. The Hall–Kier alpha value is -1.10. The Balaban J connectivity index is 2.04. The van der Waals surface area contributed by atoms with Crippen LogP contribution in [0.1, 0.15) is 24.4 Å².